The molecule has 0 aromatic heterocycles. The molecule has 2 atom stereocenters. The van der Waals surface area contributed by atoms with E-state index in [0.717, 1.165) is 19.1 Å². The van der Waals surface area contributed by atoms with Crippen LogP contribution >= 0.6 is 0 Å². The lowest BCUT2D eigenvalue weighted by molar-refractivity contribution is 0.151. The van der Waals surface area contributed by atoms with E-state index in [9.17, 15) is 8.42 Å². The van der Waals surface area contributed by atoms with Gasteiger partial charge in [0.05, 0.1) is 12.9 Å². The topological polar surface area (TPSA) is 43.4 Å². The van der Waals surface area contributed by atoms with Crippen molar-refractivity contribution in [3.05, 3.63) is 0 Å². The molecule has 3 nitrogen and oxygen atoms in total. The number of hydrogen-bond acceptors (Lipinski definition) is 3. The molecule has 84 valence electrons. The number of hydrogen-bond donors (Lipinski definition) is 0. The zero-order chi connectivity index (χ0) is 10.6. The van der Waals surface area contributed by atoms with Crippen LogP contribution in [0.2, 0.25) is 0 Å². The van der Waals surface area contributed by atoms with Gasteiger partial charge in [-0.2, -0.15) is 8.42 Å². The van der Waals surface area contributed by atoms with E-state index in [0.29, 0.717) is 18.4 Å². The zero-order valence-corrected chi connectivity index (χ0v) is 9.85. The van der Waals surface area contributed by atoms with Crippen LogP contribution in [0.3, 0.4) is 0 Å². The highest BCUT2D eigenvalue weighted by molar-refractivity contribution is 7.85. The van der Waals surface area contributed by atoms with Crippen LogP contribution in [0.25, 0.3) is 0 Å². The molecule has 0 amide bonds. The molecule has 0 spiro atoms. The van der Waals surface area contributed by atoms with Crippen molar-refractivity contribution in [2.75, 3.05) is 12.9 Å². The van der Waals surface area contributed by atoms with E-state index < -0.39 is 10.1 Å². The summed E-state index contributed by atoms with van der Waals surface area (Å²) < 4.78 is 26.6. The van der Waals surface area contributed by atoms with Gasteiger partial charge in [0.15, 0.2) is 0 Å². The summed E-state index contributed by atoms with van der Waals surface area (Å²) in [6.07, 6.45) is 7.11. The minimum atomic E-state index is -3.26. The second-order valence-corrected chi connectivity index (χ2v) is 5.85. The Balaban J connectivity index is 2.41. The first-order chi connectivity index (χ1) is 6.53. The van der Waals surface area contributed by atoms with Crippen LogP contribution in [0.5, 0.6) is 0 Å². The summed E-state index contributed by atoms with van der Waals surface area (Å²) in [5.74, 6) is 1.11. The molecule has 2 unspecified atom stereocenters. The van der Waals surface area contributed by atoms with E-state index in [1.807, 2.05) is 0 Å². The third-order valence-electron chi connectivity index (χ3n) is 3.09. The van der Waals surface area contributed by atoms with Gasteiger partial charge in [-0.1, -0.05) is 32.6 Å². The molecule has 0 N–H and O–H groups in total. The van der Waals surface area contributed by atoms with E-state index in [4.69, 9.17) is 4.18 Å². The van der Waals surface area contributed by atoms with Crippen LogP contribution < -0.4 is 0 Å². The first kappa shape index (κ1) is 12.0. The second kappa shape index (κ2) is 5.12. The van der Waals surface area contributed by atoms with Crippen LogP contribution in [0.1, 0.15) is 39.0 Å². The van der Waals surface area contributed by atoms with Gasteiger partial charge in [-0.3, -0.25) is 4.18 Å². The third kappa shape index (κ3) is 3.96. The highest BCUT2D eigenvalue weighted by atomic mass is 32.2. The van der Waals surface area contributed by atoms with E-state index in [-0.39, 0.29) is 0 Å². The van der Waals surface area contributed by atoms with Gasteiger partial charge in [0.2, 0.25) is 0 Å². The van der Waals surface area contributed by atoms with E-state index in [2.05, 4.69) is 6.92 Å². The molecule has 0 radical (unpaired) electrons. The lowest BCUT2D eigenvalue weighted by atomic mass is 9.78. The molecule has 0 aliphatic heterocycles. The highest BCUT2D eigenvalue weighted by Gasteiger charge is 2.24. The van der Waals surface area contributed by atoms with E-state index in [1.165, 1.54) is 19.3 Å². The summed E-state index contributed by atoms with van der Waals surface area (Å²) in [6.45, 7) is 2.56. The van der Waals surface area contributed by atoms with Gasteiger partial charge in [0, 0.05) is 0 Å². The highest BCUT2D eigenvalue weighted by Crippen LogP contribution is 2.32. The van der Waals surface area contributed by atoms with E-state index in [1.54, 1.807) is 0 Å². The maximum absolute atomic E-state index is 10.8. The van der Waals surface area contributed by atoms with Gasteiger partial charge in [0.25, 0.3) is 10.1 Å². The largest absolute Gasteiger partial charge is 0.270 e. The van der Waals surface area contributed by atoms with Gasteiger partial charge >= 0.3 is 0 Å². The van der Waals surface area contributed by atoms with Crippen molar-refractivity contribution < 1.29 is 12.6 Å². The van der Waals surface area contributed by atoms with Gasteiger partial charge in [-0.05, 0) is 18.3 Å². The molecule has 1 aliphatic rings. The Kier molecular flexibility index (Phi) is 4.38. The van der Waals surface area contributed by atoms with Crippen molar-refractivity contribution in [1.29, 1.82) is 0 Å². The summed E-state index contributed by atoms with van der Waals surface area (Å²) in [7, 11) is -3.26. The average molecular weight is 220 g/mol. The van der Waals surface area contributed by atoms with Crippen LogP contribution in [0.15, 0.2) is 0 Å². The first-order valence-electron chi connectivity index (χ1n) is 5.37. The van der Waals surface area contributed by atoms with Crippen molar-refractivity contribution >= 4 is 10.1 Å². The quantitative estimate of drug-likeness (QED) is 0.682. The van der Waals surface area contributed by atoms with Crippen molar-refractivity contribution in [3.63, 3.8) is 0 Å². The third-order valence-corrected chi connectivity index (χ3v) is 3.65. The summed E-state index contributed by atoms with van der Waals surface area (Å²) in [4.78, 5) is 0. The Hall–Kier alpha value is -0.0900. The summed E-state index contributed by atoms with van der Waals surface area (Å²) in [5.41, 5.74) is 0. The molecule has 0 saturated heterocycles. The molecule has 0 aromatic rings. The fourth-order valence-electron chi connectivity index (χ4n) is 2.25. The van der Waals surface area contributed by atoms with Gasteiger partial charge in [-0.15, -0.1) is 0 Å². The first-order valence-corrected chi connectivity index (χ1v) is 7.19. The van der Waals surface area contributed by atoms with Crippen LogP contribution in [0.4, 0.5) is 0 Å². The van der Waals surface area contributed by atoms with Gasteiger partial charge in [0.1, 0.15) is 0 Å². The molecule has 1 fully saturated rings. The van der Waals surface area contributed by atoms with Gasteiger partial charge < -0.3 is 0 Å². The Labute approximate surface area is 87.0 Å². The maximum Gasteiger partial charge on any atom is 0.264 e. The molecular weight excluding hydrogens is 200 g/mol. The molecule has 0 aromatic carbocycles. The van der Waals surface area contributed by atoms with E-state index >= 15 is 0 Å². The number of rotatable bonds is 4. The van der Waals surface area contributed by atoms with Crippen LogP contribution in [0, 0.1) is 11.8 Å². The van der Waals surface area contributed by atoms with Crippen LogP contribution in [-0.2, 0) is 14.3 Å². The lowest BCUT2D eigenvalue weighted by Crippen LogP contribution is -2.24. The minimum absolute atomic E-state index is 0.386. The van der Waals surface area contributed by atoms with Gasteiger partial charge in [-0.25, -0.2) is 0 Å². The van der Waals surface area contributed by atoms with Crippen molar-refractivity contribution in [1.82, 2.24) is 0 Å². The molecule has 0 bridgehead atoms. The molecule has 14 heavy (non-hydrogen) atoms. The Morgan fingerprint density at radius 2 is 1.79 bits per heavy atom. The fourth-order valence-corrected chi connectivity index (χ4v) is 2.67. The lowest BCUT2D eigenvalue weighted by Gasteiger charge is -2.30. The molecule has 1 aliphatic carbocycles. The molecule has 4 heteroatoms. The average Bonchev–Trinajstić information content (AvgIpc) is 2.14. The standard InChI is InChI=1S/C10H20O3S/c1-3-9-6-4-5-7-10(9)8-13-14(2,11)12/h9-10H,3-8H2,1-2H3. The summed E-state index contributed by atoms with van der Waals surface area (Å²) in [6, 6.07) is 0. The predicted octanol–water partition coefficient (Wildman–Crippen LogP) is 2.18. The monoisotopic (exact) mass is 220 g/mol. The maximum atomic E-state index is 10.8. The molecular formula is C10H20O3S. The predicted molar refractivity (Wildman–Crippen MR) is 56.5 cm³/mol. The Bertz CT molecular complexity index is 259. The molecule has 1 rings (SSSR count). The van der Waals surface area contributed by atoms with Crippen LogP contribution in [-0.4, -0.2) is 21.3 Å². The smallest absolute Gasteiger partial charge is 0.264 e. The summed E-state index contributed by atoms with van der Waals surface area (Å²) >= 11 is 0. The Morgan fingerprint density at radius 3 is 2.29 bits per heavy atom. The normalized spacial score (nSPS) is 29.0. The van der Waals surface area contributed by atoms with Crippen molar-refractivity contribution in [3.8, 4) is 0 Å². The summed E-state index contributed by atoms with van der Waals surface area (Å²) in [5, 5.41) is 0. The Morgan fingerprint density at radius 1 is 1.21 bits per heavy atom. The zero-order valence-electron chi connectivity index (χ0n) is 9.03. The SMILES string of the molecule is CCC1CCCCC1COS(C)(=O)=O. The molecule has 1 saturated carbocycles. The van der Waals surface area contributed by atoms with Crippen molar-refractivity contribution in [2.45, 2.75) is 39.0 Å². The molecule has 0 heterocycles. The minimum Gasteiger partial charge on any atom is -0.270 e. The second-order valence-electron chi connectivity index (χ2n) is 4.20. The van der Waals surface area contributed by atoms with Crippen molar-refractivity contribution in [2.24, 2.45) is 11.8 Å². The fraction of sp³-hybridized carbons (Fsp3) is 1.00.